The molecular weight excluding hydrogens is 248 g/mol. The molecule has 0 amide bonds. The SMILES string of the molecule is CCC(C)N(C)C1CCc2cc(OC)ccc2C1NC. The van der Waals surface area contributed by atoms with Gasteiger partial charge in [-0.1, -0.05) is 13.0 Å². The number of likely N-dealkylation sites (N-methyl/N-ethyl adjacent to an activating group) is 2. The Hall–Kier alpha value is -1.06. The lowest BCUT2D eigenvalue weighted by molar-refractivity contribution is 0.131. The van der Waals surface area contributed by atoms with Crippen LogP contribution in [0.25, 0.3) is 0 Å². The van der Waals surface area contributed by atoms with Crippen LogP contribution in [-0.2, 0) is 6.42 Å². The van der Waals surface area contributed by atoms with E-state index < -0.39 is 0 Å². The monoisotopic (exact) mass is 276 g/mol. The zero-order valence-corrected chi connectivity index (χ0v) is 13.4. The van der Waals surface area contributed by atoms with Crippen LogP contribution < -0.4 is 10.1 Å². The van der Waals surface area contributed by atoms with Gasteiger partial charge in [0.1, 0.15) is 5.75 Å². The number of hydrogen-bond donors (Lipinski definition) is 1. The third kappa shape index (κ3) is 2.84. The van der Waals surface area contributed by atoms with Gasteiger partial charge in [0.15, 0.2) is 0 Å². The van der Waals surface area contributed by atoms with Crippen molar-refractivity contribution in [3.8, 4) is 5.75 Å². The molecule has 0 aliphatic heterocycles. The lowest BCUT2D eigenvalue weighted by Crippen LogP contribution is -2.47. The summed E-state index contributed by atoms with van der Waals surface area (Å²) in [5.74, 6) is 0.965. The molecule has 0 saturated heterocycles. The maximum absolute atomic E-state index is 5.35. The molecule has 20 heavy (non-hydrogen) atoms. The van der Waals surface area contributed by atoms with Crippen molar-refractivity contribution in [1.29, 1.82) is 0 Å². The molecule has 1 N–H and O–H groups in total. The van der Waals surface area contributed by atoms with Gasteiger partial charge >= 0.3 is 0 Å². The number of ether oxygens (including phenoxy) is 1. The first kappa shape index (κ1) is 15.3. The van der Waals surface area contributed by atoms with E-state index >= 15 is 0 Å². The van der Waals surface area contributed by atoms with Gasteiger partial charge in [-0.2, -0.15) is 0 Å². The number of rotatable bonds is 5. The molecule has 0 heterocycles. The normalized spacial score (nSPS) is 23.5. The summed E-state index contributed by atoms with van der Waals surface area (Å²) in [5, 5.41) is 3.53. The predicted molar refractivity (Wildman–Crippen MR) is 84.4 cm³/mol. The molecule has 1 aliphatic rings. The number of aryl methyl sites for hydroxylation is 1. The fourth-order valence-electron chi connectivity index (χ4n) is 3.31. The van der Waals surface area contributed by atoms with Crippen LogP contribution in [-0.4, -0.2) is 38.2 Å². The summed E-state index contributed by atoms with van der Waals surface area (Å²) < 4.78 is 5.35. The molecule has 1 aromatic carbocycles. The summed E-state index contributed by atoms with van der Waals surface area (Å²) in [4.78, 5) is 2.54. The molecule has 3 heteroatoms. The van der Waals surface area contributed by atoms with E-state index in [4.69, 9.17) is 4.74 Å². The molecule has 3 unspecified atom stereocenters. The van der Waals surface area contributed by atoms with Crippen LogP contribution in [0.4, 0.5) is 0 Å². The highest BCUT2D eigenvalue weighted by Crippen LogP contribution is 2.35. The van der Waals surface area contributed by atoms with E-state index in [0.717, 1.165) is 12.2 Å². The molecule has 0 spiro atoms. The molecule has 1 aromatic rings. The average Bonchev–Trinajstić information content (AvgIpc) is 2.51. The zero-order valence-electron chi connectivity index (χ0n) is 13.4. The predicted octanol–water partition coefficient (Wildman–Crippen LogP) is 3.00. The summed E-state index contributed by atoms with van der Waals surface area (Å²) in [6.45, 7) is 4.58. The maximum Gasteiger partial charge on any atom is 0.119 e. The third-order valence-electron chi connectivity index (χ3n) is 4.90. The Labute approximate surface area is 123 Å². The van der Waals surface area contributed by atoms with Crippen LogP contribution in [0, 0.1) is 0 Å². The average molecular weight is 276 g/mol. The van der Waals surface area contributed by atoms with E-state index in [1.165, 1.54) is 24.0 Å². The van der Waals surface area contributed by atoms with Crippen molar-refractivity contribution in [2.45, 2.75) is 51.2 Å². The second-order valence-electron chi connectivity index (χ2n) is 5.86. The first-order valence-electron chi connectivity index (χ1n) is 7.68. The summed E-state index contributed by atoms with van der Waals surface area (Å²) in [7, 11) is 6.07. The second kappa shape index (κ2) is 6.59. The lowest BCUT2D eigenvalue weighted by atomic mass is 9.82. The van der Waals surface area contributed by atoms with Crippen molar-refractivity contribution in [1.82, 2.24) is 10.2 Å². The first-order chi connectivity index (χ1) is 9.62. The zero-order chi connectivity index (χ0) is 14.7. The minimum absolute atomic E-state index is 0.406. The highest BCUT2D eigenvalue weighted by molar-refractivity contribution is 5.40. The van der Waals surface area contributed by atoms with Crippen LogP contribution >= 0.6 is 0 Å². The molecule has 3 atom stereocenters. The van der Waals surface area contributed by atoms with Crippen molar-refractivity contribution in [2.75, 3.05) is 21.2 Å². The van der Waals surface area contributed by atoms with E-state index in [2.05, 4.69) is 56.4 Å². The van der Waals surface area contributed by atoms with E-state index in [9.17, 15) is 0 Å². The van der Waals surface area contributed by atoms with Crippen molar-refractivity contribution >= 4 is 0 Å². The van der Waals surface area contributed by atoms with E-state index in [-0.39, 0.29) is 0 Å². The Morgan fingerprint density at radius 3 is 2.80 bits per heavy atom. The smallest absolute Gasteiger partial charge is 0.119 e. The van der Waals surface area contributed by atoms with Crippen LogP contribution in [0.3, 0.4) is 0 Å². The number of hydrogen-bond acceptors (Lipinski definition) is 3. The highest BCUT2D eigenvalue weighted by Gasteiger charge is 2.32. The molecular formula is C17H28N2O. The lowest BCUT2D eigenvalue weighted by Gasteiger charge is -2.41. The molecule has 3 nitrogen and oxygen atoms in total. The molecule has 2 rings (SSSR count). The topological polar surface area (TPSA) is 24.5 Å². The molecule has 0 radical (unpaired) electrons. The second-order valence-corrected chi connectivity index (χ2v) is 5.86. The van der Waals surface area contributed by atoms with Crippen molar-refractivity contribution in [3.63, 3.8) is 0 Å². The van der Waals surface area contributed by atoms with Gasteiger partial charge in [0.2, 0.25) is 0 Å². The van der Waals surface area contributed by atoms with Crippen molar-refractivity contribution in [3.05, 3.63) is 29.3 Å². The minimum atomic E-state index is 0.406. The third-order valence-corrected chi connectivity index (χ3v) is 4.90. The Bertz CT molecular complexity index is 447. The van der Waals surface area contributed by atoms with Crippen LogP contribution in [0.2, 0.25) is 0 Å². The summed E-state index contributed by atoms with van der Waals surface area (Å²) in [6, 6.07) is 8.09. The fourth-order valence-corrected chi connectivity index (χ4v) is 3.31. The van der Waals surface area contributed by atoms with Gasteiger partial charge in [0.25, 0.3) is 0 Å². The number of fused-ring (bicyclic) bond motifs is 1. The Balaban J connectivity index is 2.28. The van der Waals surface area contributed by atoms with Crippen molar-refractivity contribution < 1.29 is 4.74 Å². The van der Waals surface area contributed by atoms with Gasteiger partial charge < -0.3 is 10.1 Å². The quantitative estimate of drug-likeness (QED) is 0.895. The summed E-state index contributed by atoms with van der Waals surface area (Å²) in [5.41, 5.74) is 2.86. The largest absolute Gasteiger partial charge is 0.497 e. The Kier molecular flexibility index (Phi) is 5.06. The van der Waals surface area contributed by atoms with Crippen LogP contribution in [0.1, 0.15) is 43.9 Å². The van der Waals surface area contributed by atoms with E-state index in [1.54, 1.807) is 7.11 Å². The molecule has 0 saturated carbocycles. The van der Waals surface area contributed by atoms with Gasteiger partial charge in [0, 0.05) is 18.1 Å². The summed E-state index contributed by atoms with van der Waals surface area (Å²) in [6.07, 6.45) is 3.53. The van der Waals surface area contributed by atoms with Gasteiger partial charge in [-0.05, 0) is 63.5 Å². The number of nitrogens with zero attached hydrogens (tertiary/aromatic N) is 1. The molecule has 1 aliphatic carbocycles. The van der Waals surface area contributed by atoms with E-state index in [1.807, 2.05) is 0 Å². The number of methoxy groups -OCH3 is 1. The van der Waals surface area contributed by atoms with Crippen molar-refractivity contribution in [2.24, 2.45) is 0 Å². The Morgan fingerprint density at radius 2 is 2.20 bits per heavy atom. The standard InChI is InChI=1S/C17H28N2O/c1-6-12(2)19(4)16-10-7-13-11-14(20-5)8-9-15(13)17(16)18-3/h8-9,11-12,16-18H,6-7,10H2,1-5H3. The van der Waals surface area contributed by atoms with Gasteiger partial charge in [-0.15, -0.1) is 0 Å². The molecule has 0 bridgehead atoms. The van der Waals surface area contributed by atoms with Gasteiger partial charge in [0.05, 0.1) is 7.11 Å². The van der Waals surface area contributed by atoms with Gasteiger partial charge in [-0.3, -0.25) is 4.90 Å². The Morgan fingerprint density at radius 1 is 1.45 bits per heavy atom. The first-order valence-corrected chi connectivity index (χ1v) is 7.68. The number of nitrogens with one attached hydrogen (secondary N) is 1. The molecule has 0 aromatic heterocycles. The number of benzene rings is 1. The molecule has 0 fully saturated rings. The molecule has 112 valence electrons. The van der Waals surface area contributed by atoms with Gasteiger partial charge in [-0.25, -0.2) is 0 Å². The fraction of sp³-hybridized carbons (Fsp3) is 0.647. The highest BCUT2D eigenvalue weighted by atomic mass is 16.5. The summed E-state index contributed by atoms with van der Waals surface area (Å²) >= 11 is 0. The van der Waals surface area contributed by atoms with Crippen LogP contribution in [0.15, 0.2) is 18.2 Å². The minimum Gasteiger partial charge on any atom is -0.497 e. The van der Waals surface area contributed by atoms with E-state index in [0.29, 0.717) is 18.1 Å². The maximum atomic E-state index is 5.35. The van der Waals surface area contributed by atoms with Crippen LogP contribution in [0.5, 0.6) is 5.75 Å².